The molecule has 0 aliphatic rings. The molecule has 0 aliphatic carbocycles. The van der Waals surface area contributed by atoms with Crippen molar-refractivity contribution in [3.8, 4) is 17.1 Å². The standard InChI is InChI=1S/C13H8BrClFN5/c14-9-6-8(2-3-10(9)15)21-13(18-19-20-21)7-1-4-11(16)12(17)5-7/h1-6H,17H2. The van der Waals surface area contributed by atoms with E-state index in [0.29, 0.717) is 22.1 Å². The van der Waals surface area contributed by atoms with E-state index in [9.17, 15) is 4.39 Å². The van der Waals surface area contributed by atoms with Gasteiger partial charge in [0.05, 0.1) is 16.4 Å². The number of aromatic nitrogens is 4. The molecule has 1 aromatic heterocycles. The lowest BCUT2D eigenvalue weighted by molar-refractivity contribution is 0.632. The van der Waals surface area contributed by atoms with E-state index in [4.69, 9.17) is 17.3 Å². The molecule has 0 amide bonds. The highest BCUT2D eigenvalue weighted by Crippen LogP contribution is 2.27. The van der Waals surface area contributed by atoms with Gasteiger partial charge in [-0.3, -0.25) is 0 Å². The number of hydrogen-bond acceptors (Lipinski definition) is 4. The molecule has 0 atom stereocenters. The molecule has 0 spiro atoms. The number of benzene rings is 2. The summed E-state index contributed by atoms with van der Waals surface area (Å²) in [4.78, 5) is 0. The molecule has 0 saturated carbocycles. The Morgan fingerprint density at radius 3 is 2.71 bits per heavy atom. The number of nitrogens with two attached hydrogens (primary N) is 1. The SMILES string of the molecule is Nc1cc(-c2nnnn2-c2ccc(Cl)c(Br)c2)ccc1F. The Hall–Kier alpha value is -1.99. The van der Waals surface area contributed by atoms with Gasteiger partial charge < -0.3 is 5.73 Å². The molecule has 0 bridgehead atoms. The second-order valence-electron chi connectivity index (χ2n) is 4.25. The third-order valence-electron chi connectivity index (χ3n) is 2.87. The molecular weight excluding hydrogens is 361 g/mol. The van der Waals surface area contributed by atoms with Crippen LogP contribution in [0.2, 0.25) is 5.02 Å². The molecule has 3 rings (SSSR count). The van der Waals surface area contributed by atoms with Crippen LogP contribution in [0.15, 0.2) is 40.9 Å². The maximum atomic E-state index is 13.3. The van der Waals surface area contributed by atoms with Crippen LogP contribution in [0.5, 0.6) is 0 Å². The number of halogens is 3. The average Bonchev–Trinajstić information content (AvgIpc) is 2.94. The first kappa shape index (κ1) is 14.0. The van der Waals surface area contributed by atoms with Gasteiger partial charge >= 0.3 is 0 Å². The van der Waals surface area contributed by atoms with Crippen LogP contribution in [0, 0.1) is 5.82 Å². The first-order valence-corrected chi connectivity index (χ1v) is 7.02. The van der Waals surface area contributed by atoms with Crippen LogP contribution in [-0.4, -0.2) is 20.2 Å². The van der Waals surface area contributed by atoms with E-state index in [1.54, 1.807) is 24.3 Å². The number of tetrazole rings is 1. The molecule has 5 nitrogen and oxygen atoms in total. The van der Waals surface area contributed by atoms with Crippen molar-refractivity contribution in [2.75, 3.05) is 5.73 Å². The van der Waals surface area contributed by atoms with E-state index in [1.807, 2.05) is 0 Å². The smallest absolute Gasteiger partial charge is 0.187 e. The van der Waals surface area contributed by atoms with Gasteiger partial charge in [0.1, 0.15) is 5.82 Å². The second-order valence-corrected chi connectivity index (χ2v) is 5.51. The Morgan fingerprint density at radius 1 is 1.19 bits per heavy atom. The zero-order valence-electron chi connectivity index (χ0n) is 10.5. The van der Waals surface area contributed by atoms with E-state index in [-0.39, 0.29) is 5.69 Å². The maximum absolute atomic E-state index is 13.3. The van der Waals surface area contributed by atoms with Crippen molar-refractivity contribution in [2.24, 2.45) is 0 Å². The highest BCUT2D eigenvalue weighted by Gasteiger charge is 2.13. The minimum atomic E-state index is -0.480. The van der Waals surface area contributed by atoms with Crippen molar-refractivity contribution in [3.63, 3.8) is 0 Å². The first-order valence-electron chi connectivity index (χ1n) is 5.85. The van der Waals surface area contributed by atoms with E-state index in [2.05, 4.69) is 31.5 Å². The topological polar surface area (TPSA) is 69.6 Å². The van der Waals surface area contributed by atoms with Gasteiger partial charge in [0.25, 0.3) is 0 Å². The third kappa shape index (κ3) is 2.62. The molecule has 1 heterocycles. The van der Waals surface area contributed by atoms with Gasteiger partial charge in [-0.2, -0.15) is 4.68 Å². The Labute approximate surface area is 132 Å². The Balaban J connectivity index is 2.12. The number of anilines is 1. The highest BCUT2D eigenvalue weighted by molar-refractivity contribution is 9.10. The summed E-state index contributed by atoms with van der Waals surface area (Å²) >= 11 is 9.32. The fourth-order valence-corrected chi connectivity index (χ4v) is 2.32. The van der Waals surface area contributed by atoms with Crippen molar-refractivity contribution in [1.82, 2.24) is 20.2 Å². The van der Waals surface area contributed by atoms with Crippen molar-refractivity contribution in [1.29, 1.82) is 0 Å². The van der Waals surface area contributed by atoms with Gasteiger partial charge in [0.15, 0.2) is 5.82 Å². The summed E-state index contributed by atoms with van der Waals surface area (Å²) < 4.78 is 15.5. The quantitative estimate of drug-likeness (QED) is 0.703. The minimum absolute atomic E-state index is 0.0411. The molecule has 2 N–H and O–H groups in total. The number of nitrogen functional groups attached to an aromatic ring is 1. The first-order chi connectivity index (χ1) is 10.1. The van der Waals surface area contributed by atoms with Crippen molar-refractivity contribution >= 4 is 33.2 Å². The monoisotopic (exact) mass is 367 g/mol. The van der Waals surface area contributed by atoms with Crippen LogP contribution in [0.25, 0.3) is 17.1 Å². The van der Waals surface area contributed by atoms with Crippen molar-refractivity contribution in [2.45, 2.75) is 0 Å². The van der Waals surface area contributed by atoms with Crippen LogP contribution in [0.1, 0.15) is 0 Å². The summed E-state index contributed by atoms with van der Waals surface area (Å²) in [6, 6.07) is 9.63. The second kappa shape index (κ2) is 5.42. The molecule has 0 saturated heterocycles. The molecule has 0 unspecified atom stereocenters. The molecule has 21 heavy (non-hydrogen) atoms. The van der Waals surface area contributed by atoms with Gasteiger partial charge in [0, 0.05) is 10.0 Å². The molecular formula is C13H8BrClFN5. The summed E-state index contributed by atoms with van der Waals surface area (Å²) in [5, 5.41) is 12.1. The predicted octanol–water partition coefficient (Wildman–Crippen LogP) is 3.47. The van der Waals surface area contributed by atoms with E-state index in [0.717, 1.165) is 4.47 Å². The fraction of sp³-hybridized carbons (Fsp3) is 0. The van der Waals surface area contributed by atoms with Crippen LogP contribution in [0.3, 0.4) is 0 Å². The molecule has 3 aromatic rings. The van der Waals surface area contributed by atoms with Gasteiger partial charge in [-0.25, -0.2) is 4.39 Å². The lowest BCUT2D eigenvalue weighted by atomic mass is 10.2. The Kier molecular flexibility index (Phi) is 3.60. The number of rotatable bonds is 2. The summed E-state index contributed by atoms with van der Waals surface area (Å²) in [6.07, 6.45) is 0. The third-order valence-corrected chi connectivity index (χ3v) is 4.09. The largest absolute Gasteiger partial charge is 0.396 e. The molecule has 106 valence electrons. The van der Waals surface area contributed by atoms with Crippen molar-refractivity contribution < 1.29 is 4.39 Å². The average molecular weight is 369 g/mol. The predicted molar refractivity (Wildman–Crippen MR) is 81.7 cm³/mol. The zero-order valence-corrected chi connectivity index (χ0v) is 12.8. The summed E-state index contributed by atoms with van der Waals surface area (Å²) in [5.74, 6) is -0.0251. The van der Waals surface area contributed by atoms with Crippen LogP contribution in [0.4, 0.5) is 10.1 Å². The Bertz CT molecular complexity index is 754. The van der Waals surface area contributed by atoms with Crippen LogP contribution in [-0.2, 0) is 0 Å². The normalized spacial score (nSPS) is 10.8. The zero-order chi connectivity index (χ0) is 15.0. The fourth-order valence-electron chi connectivity index (χ4n) is 1.84. The minimum Gasteiger partial charge on any atom is -0.396 e. The maximum Gasteiger partial charge on any atom is 0.187 e. The van der Waals surface area contributed by atoms with Crippen LogP contribution >= 0.6 is 27.5 Å². The van der Waals surface area contributed by atoms with Gasteiger partial charge in [-0.05, 0) is 62.8 Å². The Morgan fingerprint density at radius 2 is 2.00 bits per heavy atom. The molecule has 0 fully saturated rings. The highest BCUT2D eigenvalue weighted by atomic mass is 79.9. The van der Waals surface area contributed by atoms with Crippen LogP contribution < -0.4 is 5.73 Å². The van der Waals surface area contributed by atoms with Crippen molar-refractivity contribution in [3.05, 3.63) is 51.7 Å². The van der Waals surface area contributed by atoms with Gasteiger partial charge in [-0.1, -0.05) is 11.6 Å². The molecule has 8 heteroatoms. The lowest BCUT2D eigenvalue weighted by Crippen LogP contribution is -2.01. The van der Waals surface area contributed by atoms with Gasteiger partial charge in [0.2, 0.25) is 0 Å². The molecule has 0 radical (unpaired) electrons. The molecule has 2 aromatic carbocycles. The van der Waals surface area contributed by atoms with E-state index in [1.165, 1.54) is 16.8 Å². The summed E-state index contributed by atoms with van der Waals surface area (Å²) in [6.45, 7) is 0. The summed E-state index contributed by atoms with van der Waals surface area (Å²) in [7, 11) is 0. The number of nitrogens with zero attached hydrogens (tertiary/aromatic N) is 4. The lowest BCUT2D eigenvalue weighted by Gasteiger charge is -2.07. The van der Waals surface area contributed by atoms with Gasteiger partial charge in [-0.15, -0.1) is 5.10 Å². The van der Waals surface area contributed by atoms with E-state index < -0.39 is 5.82 Å². The number of hydrogen-bond donors (Lipinski definition) is 1. The van der Waals surface area contributed by atoms with E-state index >= 15 is 0 Å². The molecule has 0 aliphatic heterocycles. The summed E-state index contributed by atoms with van der Waals surface area (Å²) in [5.41, 5.74) is 6.96.